The van der Waals surface area contributed by atoms with Crippen LogP contribution in [-0.2, 0) is 13.2 Å². The second-order valence-corrected chi connectivity index (χ2v) is 4.94. The SMILES string of the molecule is CCOc1cccc(CNC)c1OCc1cncs1. The molecule has 0 aliphatic rings. The summed E-state index contributed by atoms with van der Waals surface area (Å²) < 4.78 is 11.6. The predicted octanol–water partition coefficient (Wildman–Crippen LogP) is 2.84. The summed E-state index contributed by atoms with van der Waals surface area (Å²) in [5.74, 6) is 1.60. The zero-order valence-corrected chi connectivity index (χ0v) is 12.0. The lowest BCUT2D eigenvalue weighted by Gasteiger charge is -2.15. The maximum absolute atomic E-state index is 5.92. The van der Waals surface area contributed by atoms with Crippen LogP contribution in [0, 0.1) is 0 Å². The first kappa shape index (κ1) is 13.8. The van der Waals surface area contributed by atoms with Gasteiger partial charge in [-0.15, -0.1) is 11.3 Å². The Morgan fingerprint density at radius 1 is 1.32 bits per heavy atom. The topological polar surface area (TPSA) is 43.4 Å². The molecule has 0 saturated heterocycles. The smallest absolute Gasteiger partial charge is 0.166 e. The van der Waals surface area contributed by atoms with Crippen molar-refractivity contribution in [2.45, 2.75) is 20.1 Å². The molecule has 0 saturated carbocycles. The molecule has 0 spiro atoms. The van der Waals surface area contributed by atoms with Crippen LogP contribution < -0.4 is 14.8 Å². The van der Waals surface area contributed by atoms with Crippen LogP contribution in [0.5, 0.6) is 11.5 Å². The highest BCUT2D eigenvalue weighted by atomic mass is 32.1. The van der Waals surface area contributed by atoms with E-state index in [4.69, 9.17) is 9.47 Å². The standard InChI is InChI=1S/C14H18N2O2S/c1-3-17-13-6-4-5-11(7-15-2)14(13)18-9-12-8-16-10-19-12/h4-6,8,10,15H,3,7,9H2,1-2H3. The van der Waals surface area contributed by atoms with Crippen LogP contribution in [0.15, 0.2) is 29.9 Å². The third-order valence-corrected chi connectivity index (χ3v) is 3.32. The summed E-state index contributed by atoms with van der Waals surface area (Å²) in [5, 5.41) is 3.14. The average Bonchev–Trinajstić information content (AvgIpc) is 2.92. The molecule has 0 amide bonds. The van der Waals surface area contributed by atoms with Gasteiger partial charge in [0.05, 0.1) is 17.0 Å². The molecule has 102 valence electrons. The number of para-hydroxylation sites is 1. The van der Waals surface area contributed by atoms with Crippen molar-refractivity contribution in [1.82, 2.24) is 10.3 Å². The third-order valence-electron chi connectivity index (χ3n) is 2.57. The molecule has 5 heteroatoms. The van der Waals surface area contributed by atoms with Crippen molar-refractivity contribution >= 4 is 11.3 Å². The van der Waals surface area contributed by atoms with Crippen LogP contribution in [0.1, 0.15) is 17.4 Å². The highest BCUT2D eigenvalue weighted by molar-refractivity contribution is 7.09. The molecule has 1 N–H and O–H groups in total. The second-order valence-electron chi connectivity index (χ2n) is 3.96. The van der Waals surface area contributed by atoms with Crippen molar-refractivity contribution in [2.24, 2.45) is 0 Å². The van der Waals surface area contributed by atoms with E-state index in [-0.39, 0.29) is 0 Å². The molecule has 0 aliphatic heterocycles. The Morgan fingerprint density at radius 3 is 2.89 bits per heavy atom. The maximum Gasteiger partial charge on any atom is 0.166 e. The van der Waals surface area contributed by atoms with Crippen LogP contribution in [0.3, 0.4) is 0 Å². The fourth-order valence-electron chi connectivity index (χ4n) is 1.78. The Labute approximate surface area is 117 Å². The zero-order valence-electron chi connectivity index (χ0n) is 11.2. The average molecular weight is 278 g/mol. The molecule has 0 fully saturated rings. The van der Waals surface area contributed by atoms with Gasteiger partial charge in [-0.25, -0.2) is 0 Å². The van der Waals surface area contributed by atoms with Gasteiger partial charge < -0.3 is 14.8 Å². The molecule has 19 heavy (non-hydrogen) atoms. The molecule has 2 rings (SSSR count). The normalized spacial score (nSPS) is 10.4. The van der Waals surface area contributed by atoms with Gasteiger partial charge in [-0.1, -0.05) is 12.1 Å². The van der Waals surface area contributed by atoms with Crippen LogP contribution in [0.25, 0.3) is 0 Å². The Hall–Kier alpha value is -1.59. The largest absolute Gasteiger partial charge is 0.490 e. The van der Waals surface area contributed by atoms with Crippen LogP contribution in [-0.4, -0.2) is 18.6 Å². The molecule has 0 bridgehead atoms. The summed E-state index contributed by atoms with van der Waals surface area (Å²) in [6.45, 7) is 3.86. The highest BCUT2D eigenvalue weighted by Crippen LogP contribution is 2.32. The Kier molecular flexibility index (Phi) is 5.18. The monoisotopic (exact) mass is 278 g/mol. The Bertz CT molecular complexity index is 476. The van der Waals surface area contributed by atoms with E-state index in [0.717, 1.165) is 28.5 Å². The highest BCUT2D eigenvalue weighted by Gasteiger charge is 2.11. The Morgan fingerprint density at radius 2 is 2.21 bits per heavy atom. The molecule has 0 aliphatic carbocycles. The fourth-order valence-corrected chi connectivity index (χ4v) is 2.29. The van der Waals surface area contributed by atoms with E-state index in [0.29, 0.717) is 13.2 Å². The third kappa shape index (κ3) is 3.68. The maximum atomic E-state index is 5.92. The summed E-state index contributed by atoms with van der Waals surface area (Å²) in [5.41, 5.74) is 2.90. The first-order valence-electron chi connectivity index (χ1n) is 6.24. The summed E-state index contributed by atoms with van der Waals surface area (Å²) in [7, 11) is 1.92. The van der Waals surface area contributed by atoms with Crippen molar-refractivity contribution in [3.63, 3.8) is 0 Å². The summed E-state index contributed by atoms with van der Waals surface area (Å²) in [6, 6.07) is 5.96. The van der Waals surface area contributed by atoms with Crippen molar-refractivity contribution in [1.29, 1.82) is 0 Å². The summed E-state index contributed by atoms with van der Waals surface area (Å²) in [4.78, 5) is 5.15. The Balaban J connectivity index is 2.18. The number of ether oxygens (including phenoxy) is 2. The number of hydrogen-bond donors (Lipinski definition) is 1. The van der Waals surface area contributed by atoms with E-state index in [1.165, 1.54) is 0 Å². The molecular formula is C14H18N2O2S. The van der Waals surface area contributed by atoms with Crippen molar-refractivity contribution < 1.29 is 9.47 Å². The van der Waals surface area contributed by atoms with Crippen LogP contribution in [0.2, 0.25) is 0 Å². The number of thiazole rings is 1. The molecule has 1 aromatic heterocycles. The van der Waals surface area contributed by atoms with Gasteiger partial charge in [0, 0.05) is 18.3 Å². The number of aromatic nitrogens is 1. The lowest BCUT2D eigenvalue weighted by Crippen LogP contribution is -2.08. The minimum atomic E-state index is 0.519. The van der Waals surface area contributed by atoms with Crippen LogP contribution >= 0.6 is 11.3 Å². The van der Waals surface area contributed by atoms with E-state index in [9.17, 15) is 0 Å². The molecule has 4 nitrogen and oxygen atoms in total. The van der Waals surface area contributed by atoms with Crippen molar-refractivity contribution in [3.8, 4) is 11.5 Å². The van der Waals surface area contributed by atoms with Gasteiger partial charge >= 0.3 is 0 Å². The number of hydrogen-bond acceptors (Lipinski definition) is 5. The van der Waals surface area contributed by atoms with Crippen molar-refractivity contribution in [3.05, 3.63) is 40.3 Å². The minimum Gasteiger partial charge on any atom is -0.490 e. The first-order valence-corrected chi connectivity index (χ1v) is 7.12. The second kappa shape index (κ2) is 7.11. The molecule has 1 aromatic carbocycles. The molecule has 0 radical (unpaired) electrons. The van der Waals surface area contributed by atoms with Gasteiger partial charge in [0.15, 0.2) is 11.5 Å². The number of nitrogens with zero attached hydrogens (tertiary/aromatic N) is 1. The number of nitrogens with one attached hydrogen (secondary N) is 1. The molecule has 0 atom stereocenters. The van der Waals surface area contributed by atoms with Gasteiger partial charge in [-0.05, 0) is 20.0 Å². The lowest BCUT2D eigenvalue weighted by atomic mass is 10.2. The van der Waals surface area contributed by atoms with Crippen molar-refractivity contribution in [2.75, 3.05) is 13.7 Å². The van der Waals surface area contributed by atoms with E-state index in [1.54, 1.807) is 11.3 Å². The van der Waals surface area contributed by atoms with E-state index in [2.05, 4.69) is 10.3 Å². The summed E-state index contributed by atoms with van der Waals surface area (Å²) >= 11 is 1.59. The quantitative estimate of drug-likeness (QED) is 0.846. The van der Waals surface area contributed by atoms with E-state index in [1.807, 2.05) is 43.9 Å². The van der Waals surface area contributed by atoms with Crippen LogP contribution in [0.4, 0.5) is 0 Å². The lowest BCUT2D eigenvalue weighted by molar-refractivity contribution is 0.268. The molecule has 2 aromatic rings. The molecule has 0 unspecified atom stereocenters. The van der Waals surface area contributed by atoms with E-state index < -0.39 is 0 Å². The zero-order chi connectivity index (χ0) is 13.5. The summed E-state index contributed by atoms with van der Waals surface area (Å²) in [6.07, 6.45) is 1.83. The minimum absolute atomic E-state index is 0.519. The van der Waals surface area contributed by atoms with Gasteiger partial charge in [-0.3, -0.25) is 4.98 Å². The predicted molar refractivity (Wildman–Crippen MR) is 76.8 cm³/mol. The fraction of sp³-hybridized carbons (Fsp3) is 0.357. The van der Waals surface area contributed by atoms with Gasteiger partial charge in [0.25, 0.3) is 0 Å². The van der Waals surface area contributed by atoms with Gasteiger partial charge in [0.1, 0.15) is 6.61 Å². The van der Waals surface area contributed by atoms with Gasteiger partial charge in [0.2, 0.25) is 0 Å². The number of rotatable bonds is 7. The van der Waals surface area contributed by atoms with Gasteiger partial charge in [-0.2, -0.15) is 0 Å². The molecule has 1 heterocycles. The first-order chi connectivity index (χ1) is 9.35. The molecular weight excluding hydrogens is 260 g/mol. The van der Waals surface area contributed by atoms with E-state index >= 15 is 0 Å². The number of benzene rings is 1.